The van der Waals surface area contributed by atoms with Gasteiger partial charge in [-0.1, -0.05) is 29.5 Å². The van der Waals surface area contributed by atoms with Crippen molar-refractivity contribution in [3.8, 4) is 0 Å². The van der Waals surface area contributed by atoms with Crippen molar-refractivity contribution in [1.82, 2.24) is 10.2 Å². The Labute approximate surface area is 113 Å². The first-order valence-corrected chi connectivity index (χ1v) is 6.29. The van der Waals surface area contributed by atoms with E-state index in [2.05, 4.69) is 15.5 Å². The number of aromatic nitrogens is 2. The van der Waals surface area contributed by atoms with Gasteiger partial charge in [0.15, 0.2) is 0 Å². The van der Waals surface area contributed by atoms with Gasteiger partial charge in [-0.25, -0.2) is 4.79 Å². The van der Waals surface area contributed by atoms with Crippen LogP contribution < -0.4 is 5.32 Å². The smallest absolute Gasteiger partial charge is 0.335 e. The Bertz CT molecular complexity index is 624. The lowest BCUT2D eigenvalue weighted by Gasteiger charge is -2.05. The van der Waals surface area contributed by atoms with Gasteiger partial charge in [0.25, 0.3) is 0 Å². The van der Waals surface area contributed by atoms with Crippen molar-refractivity contribution < 1.29 is 14.7 Å². The number of nitrogens with one attached hydrogen (secondary N) is 1. The average molecular weight is 277 g/mol. The van der Waals surface area contributed by atoms with Gasteiger partial charge < -0.3 is 10.4 Å². The van der Waals surface area contributed by atoms with Crippen LogP contribution in [0.3, 0.4) is 0 Å². The van der Waals surface area contributed by atoms with Crippen LogP contribution in [0.4, 0.5) is 5.13 Å². The molecule has 1 heterocycles. The van der Waals surface area contributed by atoms with E-state index in [0.717, 1.165) is 5.01 Å². The van der Waals surface area contributed by atoms with Crippen molar-refractivity contribution in [1.29, 1.82) is 0 Å². The highest BCUT2D eigenvalue weighted by Crippen LogP contribution is 2.15. The van der Waals surface area contributed by atoms with Crippen molar-refractivity contribution in [2.24, 2.45) is 0 Å². The Balaban J connectivity index is 2.09. The Morgan fingerprint density at radius 3 is 2.68 bits per heavy atom. The number of carbonyl (C=O) groups is 2. The highest BCUT2D eigenvalue weighted by atomic mass is 32.1. The summed E-state index contributed by atoms with van der Waals surface area (Å²) >= 11 is 1.27. The molecule has 0 aliphatic rings. The molecular formula is C12H11N3O3S. The molecule has 0 fully saturated rings. The standard InChI is InChI=1S/C12H11N3O3S/c1-7-14-15-12(19-7)13-10(16)6-8-4-2-3-5-9(8)11(17)18/h2-5H,6H2,1H3,(H,17,18)(H,13,15,16). The number of hydrogen-bond donors (Lipinski definition) is 2. The van der Waals surface area contributed by atoms with Crippen molar-refractivity contribution in [3.05, 3.63) is 40.4 Å². The Kier molecular flexibility index (Phi) is 3.86. The number of carbonyl (C=O) groups excluding carboxylic acids is 1. The monoisotopic (exact) mass is 277 g/mol. The molecular weight excluding hydrogens is 266 g/mol. The topological polar surface area (TPSA) is 92.2 Å². The number of rotatable bonds is 4. The number of nitrogens with zero attached hydrogens (tertiary/aromatic N) is 2. The van der Waals surface area contributed by atoms with E-state index in [0.29, 0.717) is 10.7 Å². The quantitative estimate of drug-likeness (QED) is 0.887. The molecule has 0 radical (unpaired) electrons. The summed E-state index contributed by atoms with van der Waals surface area (Å²) in [5.74, 6) is -1.36. The number of amides is 1. The number of aromatic carboxylic acids is 1. The number of carboxylic acid groups (broad SMARTS) is 1. The molecule has 1 amide bonds. The summed E-state index contributed by atoms with van der Waals surface area (Å²) in [4.78, 5) is 22.8. The molecule has 0 aliphatic carbocycles. The lowest BCUT2D eigenvalue weighted by molar-refractivity contribution is -0.115. The highest BCUT2D eigenvalue weighted by Gasteiger charge is 2.13. The van der Waals surface area contributed by atoms with Crippen LogP contribution in [0.5, 0.6) is 0 Å². The van der Waals surface area contributed by atoms with E-state index in [4.69, 9.17) is 5.11 Å². The van der Waals surface area contributed by atoms with Crippen LogP contribution in [0.15, 0.2) is 24.3 Å². The van der Waals surface area contributed by atoms with Gasteiger partial charge in [-0.2, -0.15) is 0 Å². The van der Waals surface area contributed by atoms with Crippen LogP contribution in [0.1, 0.15) is 20.9 Å². The molecule has 98 valence electrons. The van der Waals surface area contributed by atoms with E-state index in [1.165, 1.54) is 17.4 Å². The van der Waals surface area contributed by atoms with Crippen molar-refractivity contribution >= 4 is 28.3 Å². The van der Waals surface area contributed by atoms with E-state index in [1.54, 1.807) is 25.1 Å². The van der Waals surface area contributed by atoms with Crippen molar-refractivity contribution in [2.75, 3.05) is 5.32 Å². The molecule has 0 unspecified atom stereocenters. The highest BCUT2D eigenvalue weighted by molar-refractivity contribution is 7.15. The second kappa shape index (κ2) is 5.57. The molecule has 2 N–H and O–H groups in total. The van der Waals surface area contributed by atoms with Gasteiger partial charge in [0.05, 0.1) is 12.0 Å². The molecule has 0 aliphatic heterocycles. The lowest BCUT2D eigenvalue weighted by atomic mass is 10.0. The van der Waals surface area contributed by atoms with E-state index >= 15 is 0 Å². The van der Waals surface area contributed by atoms with Crippen LogP contribution in [-0.4, -0.2) is 27.2 Å². The Morgan fingerprint density at radius 1 is 1.32 bits per heavy atom. The number of aryl methyl sites for hydroxylation is 1. The van der Waals surface area contributed by atoms with Crippen molar-refractivity contribution in [2.45, 2.75) is 13.3 Å². The van der Waals surface area contributed by atoms with E-state index in [1.807, 2.05) is 0 Å². The Hall–Kier alpha value is -2.28. The van der Waals surface area contributed by atoms with Crippen LogP contribution >= 0.6 is 11.3 Å². The maximum Gasteiger partial charge on any atom is 0.335 e. The third-order valence-corrected chi connectivity index (χ3v) is 3.13. The van der Waals surface area contributed by atoms with Gasteiger partial charge in [0.1, 0.15) is 5.01 Å². The van der Waals surface area contributed by atoms with Crippen LogP contribution in [0.2, 0.25) is 0 Å². The number of anilines is 1. The molecule has 1 aromatic carbocycles. The van der Waals surface area contributed by atoms with Gasteiger partial charge in [0.2, 0.25) is 11.0 Å². The number of hydrogen-bond acceptors (Lipinski definition) is 5. The molecule has 1 aromatic heterocycles. The number of benzene rings is 1. The molecule has 2 rings (SSSR count). The summed E-state index contributed by atoms with van der Waals surface area (Å²) in [6, 6.07) is 6.41. The number of carboxylic acids is 1. The van der Waals surface area contributed by atoms with Crippen LogP contribution in [0, 0.1) is 6.92 Å². The molecule has 0 saturated heterocycles. The third-order valence-electron chi connectivity index (χ3n) is 2.37. The molecule has 0 spiro atoms. The van der Waals surface area contributed by atoms with Gasteiger partial charge in [0, 0.05) is 0 Å². The van der Waals surface area contributed by atoms with Gasteiger partial charge in [-0.05, 0) is 18.6 Å². The van der Waals surface area contributed by atoms with E-state index in [-0.39, 0.29) is 17.9 Å². The average Bonchev–Trinajstić information content (AvgIpc) is 2.75. The minimum atomic E-state index is -1.05. The zero-order chi connectivity index (χ0) is 13.8. The van der Waals surface area contributed by atoms with Gasteiger partial charge >= 0.3 is 5.97 Å². The van der Waals surface area contributed by atoms with Gasteiger partial charge in [-0.3, -0.25) is 4.79 Å². The first-order chi connectivity index (χ1) is 9.06. The molecule has 7 heteroatoms. The zero-order valence-corrected chi connectivity index (χ0v) is 10.9. The van der Waals surface area contributed by atoms with E-state index < -0.39 is 5.97 Å². The molecule has 6 nitrogen and oxygen atoms in total. The summed E-state index contributed by atoms with van der Waals surface area (Å²) < 4.78 is 0. The molecule has 0 atom stereocenters. The normalized spacial score (nSPS) is 10.2. The van der Waals surface area contributed by atoms with Crippen LogP contribution in [-0.2, 0) is 11.2 Å². The zero-order valence-electron chi connectivity index (χ0n) is 10.1. The Morgan fingerprint density at radius 2 is 2.05 bits per heavy atom. The first-order valence-electron chi connectivity index (χ1n) is 5.47. The second-order valence-electron chi connectivity index (χ2n) is 3.81. The van der Waals surface area contributed by atoms with Gasteiger partial charge in [-0.15, -0.1) is 10.2 Å². The SMILES string of the molecule is Cc1nnc(NC(=O)Cc2ccccc2C(=O)O)s1. The predicted molar refractivity (Wildman–Crippen MR) is 70.4 cm³/mol. The maximum atomic E-state index is 11.8. The second-order valence-corrected chi connectivity index (χ2v) is 5.00. The molecule has 0 saturated carbocycles. The molecule has 2 aromatic rings. The molecule has 0 bridgehead atoms. The molecule has 19 heavy (non-hydrogen) atoms. The largest absolute Gasteiger partial charge is 0.478 e. The van der Waals surface area contributed by atoms with Crippen LogP contribution in [0.25, 0.3) is 0 Å². The fourth-order valence-corrected chi connectivity index (χ4v) is 2.17. The summed E-state index contributed by atoms with van der Waals surface area (Å²) in [7, 11) is 0. The minimum Gasteiger partial charge on any atom is -0.478 e. The summed E-state index contributed by atoms with van der Waals surface area (Å²) in [6.07, 6.45) is -0.0128. The summed E-state index contributed by atoms with van der Waals surface area (Å²) in [5.41, 5.74) is 0.597. The van der Waals surface area contributed by atoms with E-state index in [9.17, 15) is 9.59 Å². The predicted octanol–water partition coefficient (Wildman–Crippen LogP) is 1.73. The lowest BCUT2D eigenvalue weighted by Crippen LogP contribution is -2.16. The summed E-state index contributed by atoms with van der Waals surface area (Å²) in [6.45, 7) is 1.78. The minimum absolute atomic E-state index is 0.0128. The fraction of sp³-hybridized carbons (Fsp3) is 0.167. The summed E-state index contributed by atoms with van der Waals surface area (Å²) in [5, 5.41) is 20.3. The third kappa shape index (κ3) is 3.35. The fourth-order valence-electron chi connectivity index (χ4n) is 1.57. The van der Waals surface area contributed by atoms with Crippen molar-refractivity contribution in [3.63, 3.8) is 0 Å². The maximum absolute atomic E-state index is 11.8. The first kappa shape index (κ1) is 13.2.